The van der Waals surface area contributed by atoms with Crippen LogP contribution in [0.3, 0.4) is 0 Å². The standard InChI is InChI=1S/C11H23N/c1-9(2)10-6-7-11(3,4)8-12(10)5/h9-10H,6-8H2,1-5H3/t10-/m0/s1. The second kappa shape index (κ2) is 3.37. The third-order valence-electron chi connectivity index (χ3n) is 3.13. The molecule has 0 aliphatic carbocycles. The first-order valence-corrected chi connectivity index (χ1v) is 5.13. The summed E-state index contributed by atoms with van der Waals surface area (Å²) in [5.74, 6) is 0.811. The van der Waals surface area contributed by atoms with E-state index in [9.17, 15) is 0 Å². The van der Waals surface area contributed by atoms with Gasteiger partial charge in [-0.2, -0.15) is 0 Å². The van der Waals surface area contributed by atoms with E-state index in [-0.39, 0.29) is 0 Å². The van der Waals surface area contributed by atoms with Crippen molar-refractivity contribution in [3.05, 3.63) is 0 Å². The molecule has 0 aromatic heterocycles. The number of rotatable bonds is 1. The van der Waals surface area contributed by atoms with Crippen LogP contribution < -0.4 is 0 Å². The van der Waals surface area contributed by atoms with Gasteiger partial charge in [0.1, 0.15) is 0 Å². The molecule has 1 rings (SSSR count). The highest BCUT2D eigenvalue weighted by molar-refractivity contribution is 4.85. The fourth-order valence-corrected chi connectivity index (χ4v) is 2.47. The van der Waals surface area contributed by atoms with E-state index in [0.717, 1.165) is 12.0 Å². The molecule has 1 atom stereocenters. The Morgan fingerprint density at radius 3 is 2.33 bits per heavy atom. The van der Waals surface area contributed by atoms with Gasteiger partial charge in [-0.15, -0.1) is 0 Å². The second-order valence-corrected chi connectivity index (χ2v) is 5.43. The molecular weight excluding hydrogens is 146 g/mol. The summed E-state index contributed by atoms with van der Waals surface area (Å²) >= 11 is 0. The highest BCUT2D eigenvalue weighted by Crippen LogP contribution is 2.33. The van der Waals surface area contributed by atoms with Gasteiger partial charge in [0.2, 0.25) is 0 Å². The van der Waals surface area contributed by atoms with Crippen LogP contribution in [0.4, 0.5) is 0 Å². The Kier molecular flexibility index (Phi) is 2.82. The SMILES string of the molecule is CC(C)[C@@H]1CCC(C)(C)CN1C. The van der Waals surface area contributed by atoms with E-state index in [2.05, 4.69) is 39.6 Å². The second-order valence-electron chi connectivity index (χ2n) is 5.43. The van der Waals surface area contributed by atoms with Gasteiger partial charge in [0.25, 0.3) is 0 Å². The van der Waals surface area contributed by atoms with E-state index >= 15 is 0 Å². The van der Waals surface area contributed by atoms with Crippen LogP contribution >= 0.6 is 0 Å². The Labute approximate surface area is 77.1 Å². The Balaban J connectivity index is 2.54. The molecule has 1 saturated heterocycles. The molecule has 1 fully saturated rings. The van der Waals surface area contributed by atoms with Gasteiger partial charge < -0.3 is 4.90 Å². The zero-order valence-corrected chi connectivity index (χ0v) is 9.22. The van der Waals surface area contributed by atoms with Crippen molar-refractivity contribution in [1.29, 1.82) is 0 Å². The molecule has 0 bridgehead atoms. The summed E-state index contributed by atoms with van der Waals surface area (Å²) in [6.07, 6.45) is 2.77. The van der Waals surface area contributed by atoms with Crippen molar-refractivity contribution in [2.24, 2.45) is 11.3 Å². The zero-order valence-electron chi connectivity index (χ0n) is 9.22. The predicted molar refractivity (Wildman–Crippen MR) is 54.3 cm³/mol. The summed E-state index contributed by atoms with van der Waals surface area (Å²) in [6.45, 7) is 10.7. The molecule has 0 radical (unpaired) electrons. The molecule has 1 aliphatic heterocycles. The quantitative estimate of drug-likeness (QED) is 0.583. The van der Waals surface area contributed by atoms with Crippen LogP contribution in [-0.2, 0) is 0 Å². The minimum atomic E-state index is 0.542. The number of hydrogen-bond acceptors (Lipinski definition) is 1. The van der Waals surface area contributed by atoms with Crippen LogP contribution in [0.15, 0.2) is 0 Å². The molecule has 1 aliphatic rings. The van der Waals surface area contributed by atoms with Gasteiger partial charge in [0.15, 0.2) is 0 Å². The van der Waals surface area contributed by atoms with Gasteiger partial charge >= 0.3 is 0 Å². The van der Waals surface area contributed by atoms with E-state index in [1.165, 1.54) is 19.4 Å². The Morgan fingerprint density at radius 1 is 1.33 bits per heavy atom. The highest BCUT2D eigenvalue weighted by atomic mass is 15.1. The molecule has 1 heteroatoms. The van der Waals surface area contributed by atoms with Crippen molar-refractivity contribution in [2.45, 2.75) is 46.6 Å². The van der Waals surface area contributed by atoms with Gasteiger partial charge in [-0.3, -0.25) is 0 Å². The maximum absolute atomic E-state index is 2.54. The average molecular weight is 169 g/mol. The summed E-state index contributed by atoms with van der Waals surface area (Å²) in [4.78, 5) is 2.54. The summed E-state index contributed by atoms with van der Waals surface area (Å²) in [6, 6.07) is 0.818. The number of hydrogen-bond donors (Lipinski definition) is 0. The number of nitrogens with zero attached hydrogens (tertiary/aromatic N) is 1. The molecular formula is C11H23N. The van der Waals surface area contributed by atoms with E-state index in [1.807, 2.05) is 0 Å². The fraction of sp³-hybridized carbons (Fsp3) is 1.00. The molecule has 0 N–H and O–H groups in total. The Hall–Kier alpha value is -0.0400. The van der Waals surface area contributed by atoms with Gasteiger partial charge in [-0.05, 0) is 31.2 Å². The monoisotopic (exact) mass is 169 g/mol. The Morgan fingerprint density at radius 2 is 1.92 bits per heavy atom. The normalized spacial score (nSPS) is 31.0. The number of piperidine rings is 1. The summed E-state index contributed by atoms with van der Waals surface area (Å²) in [5, 5.41) is 0. The van der Waals surface area contributed by atoms with Crippen molar-refractivity contribution in [3.8, 4) is 0 Å². The maximum atomic E-state index is 2.54. The van der Waals surface area contributed by atoms with Crippen LogP contribution in [0.25, 0.3) is 0 Å². The first kappa shape index (κ1) is 10.0. The molecule has 0 aromatic rings. The maximum Gasteiger partial charge on any atom is 0.0116 e. The minimum absolute atomic E-state index is 0.542. The van der Waals surface area contributed by atoms with E-state index in [4.69, 9.17) is 0 Å². The van der Waals surface area contributed by atoms with Gasteiger partial charge in [-0.25, -0.2) is 0 Å². The first-order valence-electron chi connectivity index (χ1n) is 5.13. The van der Waals surface area contributed by atoms with Crippen LogP contribution in [0.2, 0.25) is 0 Å². The largest absolute Gasteiger partial charge is 0.303 e. The van der Waals surface area contributed by atoms with Crippen molar-refractivity contribution in [2.75, 3.05) is 13.6 Å². The summed E-state index contributed by atoms with van der Waals surface area (Å²) in [5.41, 5.74) is 0.542. The summed E-state index contributed by atoms with van der Waals surface area (Å²) < 4.78 is 0. The van der Waals surface area contributed by atoms with Gasteiger partial charge in [0.05, 0.1) is 0 Å². The van der Waals surface area contributed by atoms with Crippen molar-refractivity contribution < 1.29 is 0 Å². The zero-order chi connectivity index (χ0) is 9.35. The third kappa shape index (κ3) is 2.22. The smallest absolute Gasteiger partial charge is 0.0116 e. The lowest BCUT2D eigenvalue weighted by molar-refractivity contribution is 0.0629. The Bertz CT molecular complexity index is 149. The predicted octanol–water partition coefficient (Wildman–Crippen LogP) is 2.76. The molecule has 0 amide bonds. The summed E-state index contributed by atoms with van der Waals surface area (Å²) in [7, 11) is 2.27. The van der Waals surface area contributed by atoms with Crippen molar-refractivity contribution in [1.82, 2.24) is 4.90 Å². The van der Waals surface area contributed by atoms with E-state index < -0.39 is 0 Å². The van der Waals surface area contributed by atoms with Crippen molar-refractivity contribution in [3.63, 3.8) is 0 Å². The van der Waals surface area contributed by atoms with Crippen molar-refractivity contribution >= 4 is 0 Å². The molecule has 0 aromatic carbocycles. The van der Waals surface area contributed by atoms with Crippen LogP contribution in [0.5, 0.6) is 0 Å². The lowest BCUT2D eigenvalue weighted by Crippen LogP contribution is -2.46. The molecule has 0 spiro atoms. The van der Waals surface area contributed by atoms with Crippen LogP contribution in [-0.4, -0.2) is 24.5 Å². The van der Waals surface area contributed by atoms with Gasteiger partial charge in [0, 0.05) is 12.6 Å². The molecule has 12 heavy (non-hydrogen) atoms. The molecule has 1 heterocycles. The molecule has 72 valence electrons. The average Bonchev–Trinajstić information content (AvgIpc) is 1.83. The van der Waals surface area contributed by atoms with E-state index in [1.54, 1.807) is 0 Å². The lowest BCUT2D eigenvalue weighted by Gasteiger charge is -2.43. The third-order valence-corrected chi connectivity index (χ3v) is 3.13. The fourth-order valence-electron chi connectivity index (χ4n) is 2.47. The molecule has 0 saturated carbocycles. The first-order chi connectivity index (χ1) is 5.42. The topological polar surface area (TPSA) is 3.24 Å². The van der Waals surface area contributed by atoms with Crippen LogP contribution in [0, 0.1) is 11.3 Å². The number of likely N-dealkylation sites (tertiary alicyclic amines) is 1. The van der Waals surface area contributed by atoms with Crippen LogP contribution in [0.1, 0.15) is 40.5 Å². The lowest BCUT2D eigenvalue weighted by atomic mass is 9.79. The van der Waals surface area contributed by atoms with E-state index in [0.29, 0.717) is 5.41 Å². The minimum Gasteiger partial charge on any atom is -0.303 e. The molecule has 1 nitrogen and oxygen atoms in total. The molecule has 0 unspecified atom stereocenters. The highest BCUT2D eigenvalue weighted by Gasteiger charge is 2.31. The van der Waals surface area contributed by atoms with Gasteiger partial charge in [-0.1, -0.05) is 27.7 Å².